The highest BCUT2D eigenvalue weighted by Gasteiger charge is 2.27. The number of rotatable bonds is 6. The first kappa shape index (κ1) is 17.2. The van der Waals surface area contributed by atoms with Crippen molar-refractivity contribution in [2.24, 2.45) is 0 Å². The summed E-state index contributed by atoms with van der Waals surface area (Å²) in [6.45, 7) is 7.49. The topological polar surface area (TPSA) is 18.5 Å². The average Bonchev–Trinajstić information content (AvgIpc) is 2.65. The van der Waals surface area contributed by atoms with Crippen LogP contribution in [0.15, 0.2) is 60.3 Å². The van der Waals surface area contributed by atoms with Crippen LogP contribution < -0.4 is 0 Å². The van der Waals surface area contributed by atoms with Crippen LogP contribution in [0.2, 0.25) is 6.55 Å². The highest BCUT2D eigenvalue weighted by Crippen LogP contribution is 2.36. The first-order valence-corrected chi connectivity index (χ1v) is 11.7. The fraction of sp³-hybridized carbons (Fsp3) is 0.217. The third kappa shape index (κ3) is 2.92. The molecule has 0 bridgehead atoms. The van der Waals surface area contributed by atoms with Crippen molar-refractivity contribution in [2.75, 3.05) is 13.2 Å². The summed E-state index contributed by atoms with van der Waals surface area (Å²) in [6, 6.07) is 19.8. The van der Waals surface area contributed by atoms with Crippen molar-refractivity contribution in [3.8, 4) is 0 Å². The van der Waals surface area contributed by atoms with Gasteiger partial charge in [0, 0.05) is 13.2 Å². The van der Waals surface area contributed by atoms with Gasteiger partial charge < -0.3 is 8.85 Å². The lowest BCUT2D eigenvalue weighted by atomic mass is 9.92. The molecule has 132 valence electrons. The van der Waals surface area contributed by atoms with E-state index in [4.69, 9.17) is 8.85 Å². The smallest absolute Gasteiger partial charge is 0.361 e. The van der Waals surface area contributed by atoms with Crippen molar-refractivity contribution >= 4 is 47.0 Å². The highest BCUT2D eigenvalue weighted by atomic mass is 28.4. The lowest BCUT2D eigenvalue weighted by Crippen LogP contribution is -2.36. The van der Waals surface area contributed by atoms with Crippen LogP contribution in [0.3, 0.4) is 0 Å². The van der Waals surface area contributed by atoms with Gasteiger partial charge in [-0.15, -0.1) is 0 Å². The molecule has 0 aliphatic heterocycles. The number of hydrogen-bond donors (Lipinski definition) is 0. The molecule has 0 aliphatic carbocycles. The van der Waals surface area contributed by atoms with Gasteiger partial charge in [0.05, 0.1) is 0 Å². The lowest BCUT2D eigenvalue weighted by molar-refractivity contribution is 0.201. The van der Waals surface area contributed by atoms with E-state index < -0.39 is 8.56 Å². The molecule has 2 nitrogen and oxygen atoms in total. The van der Waals surface area contributed by atoms with E-state index in [2.05, 4.69) is 72.9 Å². The van der Waals surface area contributed by atoms with E-state index in [1.165, 1.54) is 37.9 Å². The van der Waals surface area contributed by atoms with Gasteiger partial charge in [0.15, 0.2) is 0 Å². The van der Waals surface area contributed by atoms with Crippen LogP contribution >= 0.6 is 0 Å². The van der Waals surface area contributed by atoms with Crippen molar-refractivity contribution < 1.29 is 8.85 Å². The molecule has 3 heteroatoms. The zero-order chi connectivity index (χ0) is 18.1. The van der Waals surface area contributed by atoms with Gasteiger partial charge >= 0.3 is 8.56 Å². The summed E-state index contributed by atoms with van der Waals surface area (Å²) >= 11 is 0. The van der Waals surface area contributed by atoms with Crippen LogP contribution in [0.1, 0.15) is 19.4 Å². The molecule has 0 spiro atoms. The molecule has 0 aliphatic rings. The normalized spacial score (nSPS) is 12.9. The Kier molecular flexibility index (Phi) is 4.53. The Morgan fingerprint density at radius 1 is 0.769 bits per heavy atom. The minimum Gasteiger partial charge on any atom is -0.392 e. The van der Waals surface area contributed by atoms with Gasteiger partial charge in [0.25, 0.3) is 0 Å². The first-order chi connectivity index (χ1) is 12.6. The Labute approximate surface area is 155 Å². The molecule has 0 saturated carbocycles. The highest BCUT2D eigenvalue weighted by molar-refractivity contribution is 6.72. The van der Waals surface area contributed by atoms with Gasteiger partial charge in [0.2, 0.25) is 0 Å². The first-order valence-electron chi connectivity index (χ1n) is 9.29. The lowest BCUT2D eigenvalue weighted by Gasteiger charge is -2.22. The monoisotopic (exact) mass is 360 g/mol. The van der Waals surface area contributed by atoms with E-state index in [1.807, 2.05) is 13.8 Å². The summed E-state index contributed by atoms with van der Waals surface area (Å²) in [4.78, 5) is 0. The molecule has 0 amide bonds. The van der Waals surface area contributed by atoms with E-state index >= 15 is 0 Å². The summed E-state index contributed by atoms with van der Waals surface area (Å²) in [5, 5.41) is 7.86. The largest absolute Gasteiger partial charge is 0.392 e. The fourth-order valence-electron chi connectivity index (χ4n) is 3.86. The van der Waals surface area contributed by atoms with Gasteiger partial charge in [-0.1, -0.05) is 60.7 Å². The van der Waals surface area contributed by atoms with Gasteiger partial charge in [-0.2, -0.15) is 0 Å². The maximum absolute atomic E-state index is 5.95. The van der Waals surface area contributed by atoms with E-state index in [9.17, 15) is 0 Å². The van der Waals surface area contributed by atoms with Crippen LogP contribution in [0, 0.1) is 0 Å². The third-order valence-electron chi connectivity index (χ3n) is 4.99. The minimum atomic E-state index is -2.28. The molecule has 0 fully saturated rings. The maximum Gasteiger partial charge on any atom is 0.361 e. The Balaban J connectivity index is 1.89. The SMILES string of the molecule is CCO[Si](C)(/C=C/c1ccc2ccc3cccc4ccc1c2c34)OCC. The van der Waals surface area contributed by atoms with Crippen LogP contribution in [-0.4, -0.2) is 21.8 Å². The molecule has 4 aromatic rings. The summed E-state index contributed by atoms with van der Waals surface area (Å²) in [5.41, 5.74) is 3.38. The van der Waals surface area contributed by atoms with Crippen molar-refractivity contribution in [2.45, 2.75) is 20.4 Å². The van der Waals surface area contributed by atoms with Crippen molar-refractivity contribution in [1.82, 2.24) is 0 Å². The van der Waals surface area contributed by atoms with Crippen LogP contribution in [0.4, 0.5) is 0 Å². The quantitative estimate of drug-likeness (QED) is 0.297. The predicted octanol–water partition coefficient (Wildman–Crippen LogP) is 6.28. The molecule has 0 aromatic heterocycles. The standard InChI is InChI=1S/C23H24O2Si/c1-4-24-26(3,25-5-2)16-15-17-9-10-20-12-11-18-7-6-8-19-13-14-21(17)23(20)22(18)19/h6-16H,4-5H2,1-3H3/b16-15+. The molecule has 0 radical (unpaired) electrons. The van der Waals surface area contributed by atoms with E-state index in [-0.39, 0.29) is 0 Å². The number of benzene rings is 4. The molecule has 0 heterocycles. The second-order valence-electron chi connectivity index (χ2n) is 6.73. The zero-order valence-electron chi connectivity index (χ0n) is 15.6. The van der Waals surface area contributed by atoms with Gasteiger partial charge in [-0.3, -0.25) is 0 Å². The minimum absolute atomic E-state index is 0.672. The Bertz CT molecular complexity index is 1060. The molecule has 4 aromatic carbocycles. The predicted molar refractivity (Wildman–Crippen MR) is 114 cm³/mol. The zero-order valence-corrected chi connectivity index (χ0v) is 16.6. The maximum atomic E-state index is 5.95. The van der Waals surface area contributed by atoms with Gasteiger partial charge in [-0.05, 0) is 64.0 Å². The molecular formula is C23H24O2Si. The summed E-state index contributed by atoms with van der Waals surface area (Å²) in [7, 11) is -2.28. The van der Waals surface area contributed by atoms with Crippen LogP contribution in [-0.2, 0) is 8.85 Å². The molecule has 0 saturated heterocycles. The Morgan fingerprint density at radius 2 is 1.35 bits per heavy atom. The summed E-state index contributed by atoms with van der Waals surface area (Å²) in [5.74, 6) is 0. The second kappa shape index (κ2) is 6.84. The van der Waals surface area contributed by atoms with E-state index in [0.717, 1.165) is 0 Å². The Morgan fingerprint density at radius 3 is 2.00 bits per heavy atom. The molecule has 4 rings (SSSR count). The van der Waals surface area contributed by atoms with Gasteiger partial charge in [0.1, 0.15) is 0 Å². The molecule has 0 N–H and O–H groups in total. The summed E-state index contributed by atoms with van der Waals surface area (Å²) in [6.07, 6.45) is 2.18. The Hall–Kier alpha value is -2.20. The molecule has 26 heavy (non-hydrogen) atoms. The fourth-order valence-corrected chi connectivity index (χ4v) is 5.76. The molecule has 0 unspecified atom stereocenters. The van der Waals surface area contributed by atoms with Crippen molar-refractivity contribution in [1.29, 1.82) is 0 Å². The van der Waals surface area contributed by atoms with Crippen molar-refractivity contribution in [3.05, 3.63) is 65.9 Å². The van der Waals surface area contributed by atoms with Crippen LogP contribution in [0.5, 0.6) is 0 Å². The van der Waals surface area contributed by atoms with E-state index in [0.29, 0.717) is 13.2 Å². The number of hydrogen-bond acceptors (Lipinski definition) is 2. The van der Waals surface area contributed by atoms with E-state index in [1.54, 1.807) is 0 Å². The molecule has 0 atom stereocenters. The van der Waals surface area contributed by atoms with Crippen LogP contribution in [0.25, 0.3) is 38.4 Å². The van der Waals surface area contributed by atoms with Crippen molar-refractivity contribution in [3.63, 3.8) is 0 Å². The third-order valence-corrected chi connectivity index (χ3v) is 7.49. The average molecular weight is 361 g/mol. The molecular weight excluding hydrogens is 336 g/mol. The van der Waals surface area contributed by atoms with Gasteiger partial charge in [-0.25, -0.2) is 0 Å². The second-order valence-corrected chi connectivity index (χ2v) is 9.67. The summed E-state index contributed by atoms with van der Waals surface area (Å²) < 4.78 is 11.9.